The first-order valence-electron chi connectivity index (χ1n) is 6.59. The molecule has 5 heteroatoms. The Kier molecular flexibility index (Phi) is 4.20. The van der Waals surface area contributed by atoms with E-state index < -0.39 is 0 Å². The van der Waals surface area contributed by atoms with E-state index in [0.29, 0.717) is 18.7 Å². The van der Waals surface area contributed by atoms with Gasteiger partial charge >= 0.3 is 0 Å². The van der Waals surface area contributed by atoms with Gasteiger partial charge in [0.05, 0.1) is 11.3 Å². The first-order valence-corrected chi connectivity index (χ1v) is 6.59. The number of aromatic nitrogens is 2. The van der Waals surface area contributed by atoms with Gasteiger partial charge in [0, 0.05) is 25.8 Å². The molecule has 5 nitrogen and oxygen atoms in total. The average molecular weight is 272 g/mol. The van der Waals surface area contributed by atoms with Crippen LogP contribution in [-0.4, -0.2) is 15.7 Å². The predicted octanol–water partition coefficient (Wildman–Crippen LogP) is 1.43. The van der Waals surface area contributed by atoms with Gasteiger partial charge in [-0.25, -0.2) is 0 Å². The molecule has 0 saturated heterocycles. The zero-order valence-corrected chi connectivity index (χ0v) is 12.1. The summed E-state index contributed by atoms with van der Waals surface area (Å²) in [4.78, 5) is 12.2. The van der Waals surface area contributed by atoms with Gasteiger partial charge < -0.3 is 11.1 Å². The second-order valence-electron chi connectivity index (χ2n) is 4.88. The van der Waals surface area contributed by atoms with Crippen LogP contribution in [0.4, 0.5) is 0 Å². The van der Waals surface area contributed by atoms with Crippen molar-refractivity contribution < 1.29 is 4.79 Å². The van der Waals surface area contributed by atoms with Crippen molar-refractivity contribution in [3.05, 3.63) is 52.3 Å². The van der Waals surface area contributed by atoms with Crippen LogP contribution in [-0.2, 0) is 20.1 Å². The lowest BCUT2D eigenvalue weighted by Gasteiger charge is -2.07. The van der Waals surface area contributed by atoms with E-state index in [-0.39, 0.29) is 5.91 Å². The van der Waals surface area contributed by atoms with Gasteiger partial charge in [-0.3, -0.25) is 9.48 Å². The highest BCUT2D eigenvalue weighted by Gasteiger charge is 2.16. The number of amides is 1. The van der Waals surface area contributed by atoms with Gasteiger partial charge in [0.2, 0.25) is 0 Å². The molecule has 1 heterocycles. The van der Waals surface area contributed by atoms with Crippen LogP contribution < -0.4 is 11.1 Å². The molecule has 1 amide bonds. The summed E-state index contributed by atoms with van der Waals surface area (Å²) in [5, 5.41) is 7.18. The molecule has 0 unspecified atom stereocenters. The number of carbonyl (C=O) groups excluding carboxylic acids is 1. The molecule has 0 aliphatic carbocycles. The summed E-state index contributed by atoms with van der Waals surface area (Å²) in [5.41, 5.74) is 9.99. The summed E-state index contributed by atoms with van der Waals surface area (Å²) in [5.74, 6) is -0.0914. The number of nitrogens with zero attached hydrogens (tertiary/aromatic N) is 2. The highest BCUT2D eigenvalue weighted by atomic mass is 16.1. The van der Waals surface area contributed by atoms with E-state index in [1.54, 1.807) is 4.68 Å². The number of carbonyl (C=O) groups is 1. The fraction of sp³-hybridized carbons (Fsp3) is 0.333. The Hall–Kier alpha value is -2.14. The SMILES string of the molecule is Cc1nn(C)c(C)c1C(=O)NCc1cccc(CN)c1. The van der Waals surface area contributed by atoms with Gasteiger partial charge in [-0.15, -0.1) is 0 Å². The number of benzene rings is 1. The van der Waals surface area contributed by atoms with E-state index in [0.717, 1.165) is 22.5 Å². The first-order chi connectivity index (χ1) is 9.52. The Morgan fingerprint density at radius 1 is 1.35 bits per heavy atom. The molecular weight excluding hydrogens is 252 g/mol. The zero-order valence-electron chi connectivity index (χ0n) is 12.1. The Balaban J connectivity index is 2.08. The molecule has 0 fully saturated rings. The summed E-state index contributed by atoms with van der Waals surface area (Å²) in [6.07, 6.45) is 0. The van der Waals surface area contributed by atoms with Crippen LogP contribution in [0.2, 0.25) is 0 Å². The average Bonchev–Trinajstić information content (AvgIpc) is 2.70. The summed E-state index contributed by atoms with van der Waals surface area (Å²) >= 11 is 0. The van der Waals surface area contributed by atoms with E-state index >= 15 is 0 Å². The van der Waals surface area contributed by atoms with Crippen LogP contribution in [0.1, 0.15) is 32.9 Å². The fourth-order valence-corrected chi connectivity index (χ4v) is 2.24. The number of hydrogen-bond donors (Lipinski definition) is 2. The molecule has 106 valence electrons. The molecule has 0 radical (unpaired) electrons. The molecule has 0 spiro atoms. The van der Waals surface area contributed by atoms with Crippen LogP contribution in [0.25, 0.3) is 0 Å². The van der Waals surface area contributed by atoms with E-state index in [2.05, 4.69) is 10.4 Å². The molecule has 0 bridgehead atoms. The van der Waals surface area contributed by atoms with Crippen molar-refractivity contribution in [2.45, 2.75) is 26.9 Å². The highest BCUT2D eigenvalue weighted by Crippen LogP contribution is 2.12. The maximum absolute atomic E-state index is 12.2. The van der Waals surface area contributed by atoms with Crippen LogP contribution in [0, 0.1) is 13.8 Å². The standard InChI is InChI=1S/C15H20N4O/c1-10-14(11(2)19(3)18-10)15(20)17-9-13-6-4-5-12(7-13)8-16/h4-7H,8-9,16H2,1-3H3,(H,17,20). The molecule has 3 N–H and O–H groups in total. The molecule has 0 atom stereocenters. The smallest absolute Gasteiger partial charge is 0.255 e. The molecule has 0 aliphatic rings. The molecule has 2 aromatic rings. The predicted molar refractivity (Wildman–Crippen MR) is 78.2 cm³/mol. The van der Waals surface area contributed by atoms with E-state index in [1.807, 2.05) is 45.2 Å². The van der Waals surface area contributed by atoms with Crippen molar-refractivity contribution in [2.75, 3.05) is 0 Å². The number of aryl methyl sites for hydroxylation is 2. The van der Waals surface area contributed by atoms with Crippen molar-refractivity contribution in [1.29, 1.82) is 0 Å². The highest BCUT2D eigenvalue weighted by molar-refractivity contribution is 5.96. The lowest BCUT2D eigenvalue weighted by molar-refractivity contribution is 0.0949. The molecule has 2 rings (SSSR count). The molecule has 20 heavy (non-hydrogen) atoms. The third kappa shape index (κ3) is 2.88. The first kappa shape index (κ1) is 14.3. The van der Waals surface area contributed by atoms with Crippen molar-refractivity contribution in [1.82, 2.24) is 15.1 Å². The van der Waals surface area contributed by atoms with Gasteiger partial charge in [0.25, 0.3) is 5.91 Å². The number of nitrogens with two attached hydrogens (primary N) is 1. The minimum Gasteiger partial charge on any atom is -0.348 e. The molecule has 0 saturated carbocycles. The van der Waals surface area contributed by atoms with Gasteiger partial charge in [0.1, 0.15) is 0 Å². The molecular formula is C15H20N4O. The lowest BCUT2D eigenvalue weighted by atomic mass is 10.1. The Morgan fingerprint density at radius 3 is 2.65 bits per heavy atom. The number of rotatable bonds is 4. The maximum atomic E-state index is 12.2. The van der Waals surface area contributed by atoms with Crippen LogP contribution in [0.5, 0.6) is 0 Å². The minimum atomic E-state index is -0.0914. The molecule has 0 aliphatic heterocycles. The van der Waals surface area contributed by atoms with Crippen LogP contribution in [0.15, 0.2) is 24.3 Å². The van der Waals surface area contributed by atoms with Crippen LogP contribution in [0.3, 0.4) is 0 Å². The summed E-state index contributed by atoms with van der Waals surface area (Å²) in [6, 6.07) is 7.90. The Bertz CT molecular complexity index is 631. The summed E-state index contributed by atoms with van der Waals surface area (Å²) < 4.78 is 1.72. The van der Waals surface area contributed by atoms with Gasteiger partial charge in [-0.1, -0.05) is 24.3 Å². The Morgan fingerprint density at radius 2 is 2.05 bits per heavy atom. The Labute approximate surface area is 118 Å². The number of nitrogens with one attached hydrogen (secondary N) is 1. The van der Waals surface area contributed by atoms with Crippen LogP contribution >= 0.6 is 0 Å². The fourth-order valence-electron chi connectivity index (χ4n) is 2.24. The monoisotopic (exact) mass is 272 g/mol. The lowest BCUT2D eigenvalue weighted by Crippen LogP contribution is -2.24. The molecule has 1 aromatic carbocycles. The second-order valence-corrected chi connectivity index (χ2v) is 4.88. The topological polar surface area (TPSA) is 72.9 Å². The van der Waals surface area contributed by atoms with Gasteiger partial charge in [0.15, 0.2) is 0 Å². The van der Waals surface area contributed by atoms with Crippen molar-refractivity contribution in [3.63, 3.8) is 0 Å². The van der Waals surface area contributed by atoms with E-state index in [9.17, 15) is 4.79 Å². The van der Waals surface area contributed by atoms with E-state index in [4.69, 9.17) is 5.73 Å². The second kappa shape index (κ2) is 5.88. The molecule has 1 aromatic heterocycles. The third-order valence-electron chi connectivity index (χ3n) is 3.42. The number of hydrogen-bond acceptors (Lipinski definition) is 3. The summed E-state index contributed by atoms with van der Waals surface area (Å²) in [7, 11) is 1.84. The van der Waals surface area contributed by atoms with Crippen molar-refractivity contribution in [2.24, 2.45) is 12.8 Å². The summed E-state index contributed by atoms with van der Waals surface area (Å²) in [6.45, 7) is 4.73. The van der Waals surface area contributed by atoms with E-state index in [1.165, 1.54) is 0 Å². The van der Waals surface area contributed by atoms with Crippen molar-refractivity contribution in [3.8, 4) is 0 Å². The zero-order chi connectivity index (χ0) is 14.7. The van der Waals surface area contributed by atoms with Crippen molar-refractivity contribution >= 4 is 5.91 Å². The van der Waals surface area contributed by atoms with Gasteiger partial charge in [-0.05, 0) is 25.0 Å². The third-order valence-corrected chi connectivity index (χ3v) is 3.42. The maximum Gasteiger partial charge on any atom is 0.255 e. The van der Waals surface area contributed by atoms with Gasteiger partial charge in [-0.2, -0.15) is 5.10 Å². The minimum absolute atomic E-state index is 0.0914. The quantitative estimate of drug-likeness (QED) is 0.884. The largest absolute Gasteiger partial charge is 0.348 e. The normalized spacial score (nSPS) is 10.6.